The van der Waals surface area contributed by atoms with Gasteiger partial charge in [-0.1, -0.05) is 18.2 Å². The lowest BCUT2D eigenvalue weighted by Crippen LogP contribution is -2.43. The second kappa shape index (κ2) is 8.51. The molecule has 7 nitrogen and oxygen atoms in total. The minimum Gasteiger partial charge on any atom is -0.467 e. The number of nitro benzene ring substituents is 1. The van der Waals surface area contributed by atoms with Gasteiger partial charge in [0.15, 0.2) is 0 Å². The van der Waals surface area contributed by atoms with Crippen LogP contribution in [0.4, 0.5) is 18.9 Å². The molecule has 0 aliphatic heterocycles. The molecule has 1 atom stereocenters. The van der Waals surface area contributed by atoms with E-state index >= 15 is 0 Å². The van der Waals surface area contributed by atoms with Crippen LogP contribution in [0.1, 0.15) is 21.5 Å². The zero-order valence-electron chi connectivity index (χ0n) is 14.5. The minimum atomic E-state index is -4.61. The second-order valence-corrected chi connectivity index (χ2v) is 5.76. The lowest BCUT2D eigenvalue weighted by molar-refractivity contribution is -0.384. The standard InChI is InChI=1S/C18H15F3N2O5/c1-28-17(25)15(9-11-5-7-14(8-6-11)23(26)27)22-16(24)12-3-2-4-13(10-12)18(19,20)21/h2-8,10,15H,9H2,1H3,(H,22,24)/t15-/m0/s1. The number of nitro groups is 1. The van der Waals surface area contributed by atoms with Gasteiger partial charge in [0.2, 0.25) is 0 Å². The lowest BCUT2D eigenvalue weighted by atomic mass is 10.0. The Morgan fingerprint density at radius 1 is 1.18 bits per heavy atom. The minimum absolute atomic E-state index is 0.0601. The molecular formula is C18H15F3N2O5. The van der Waals surface area contributed by atoms with E-state index in [4.69, 9.17) is 0 Å². The highest BCUT2D eigenvalue weighted by Gasteiger charge is 2.31. The zero-order chi connectivity index (χ0) is 20.9. The summed E-state index contributed by atoms with van der Waals surface area (Å²) >= 11 is 0. The maximum absolute atomic E-state index is 12.8. The van der Waals surface area contributed by atoms with Crippen LogP contribution in [0.15, 0.2) is 48.5 Å². The Morgan fingerprint density at radius 3 is 2.36 bits per heavy atom. The van der Waals surface area contributed by atoms with Crippen LogP contribution in [0.3, 0.4) is 0 Å². The molecule has 1 amide bonds. The van der Waals surface area contributed by atoms with Crippen molar-refractivity contribution in [3.63, 3.8) is 0 Å². The van der Waals surface area contributed by atoms with Gasteiger partial charge in [0.05, 0.1) is 17.6 Å². The van der Waals surface area contributed by atoms with Crippen LogP contribution < -0.4 is 5.32 Å². The number of carbonyl (C=O) groups is 2. The number of amides is 1. The van der Waals surface area contributed by atoms with E-state index in [0.29, 0.717) is 11.6 Å². The molecule has 148 valence electrons. The Labute approximate surface area is 157 Å². The highest BCUT2D eigenvalue weighted by molar-refractivity contribution is 5.97. The van der Waals surface area contributed by atoms with Gasteiger partial charge in [-0.25, -0.2) is 4.79 Å². The summed E-state index contributed by atoms with van der Waals surface area (Å²) in [6.45, 7) is 0. The fourth-order valence-electron chi connectivity index (χ4n) is 2.40. The largest absolute Gasteiger partial charge is 0.467 e. The van der Waals surface area contributed by atoms with E-state index in [2.05, 4.69) is 10.1 Å². The molecule has 0 aromatic heterocycles. The molecule has 0 aliphatic rings. The first-order chi connectivity index (χ1) is 13.1. The number of rotatable bonds is 6. The molecule has 0 unspecified atom stereocenters. The SMILES string of the molecule is COC(=O)[C@H](Cc1ccc([N+](=O)[O-])cc1)NC(=O)c1cccc(C(F)(F)F)c1. The van der Waals surface area contributed by atoms with Gasteiger partial charge in [-0.2, -0.15) is 13.2 Å². The van der Waals surface area contributed by atoms with Crippen molar-refractivity contribution < 1.29 is 32.4 Å². The van der Waals surface area contributed by atoms with Crippen molar-refractivity contribution in [2.75, 3.05) is 7.11 Å². The van der Waals surface area contributed by atoms with Gasteiger partial charge in [-0.15, -0.1) is 0 Å². The molecule has 2 aromatic rings. The first-order valence-corrected chi connectivity index (χ1v) is 7.91. The molecule has 1 N–H and O–H groups in total. The third-order valence-electron chi connectivity index (χ3n) is 3.83. The lowest BCUT2D eigenvalue weighted by Gasteiger charge is -2.17. The Hall–Kier alpha value is -3.43. The number of hydrogen-bond donors (Lipinski definition) is 1. The molecule has 0 fully saturated rings. The Kier molecular flexibility index (Phi) is 6.34. The highest BCUT2D eigenvalue weighted by atomic mass is 19.4. The molecule has 10 heteroatoms. The number of halogens is 3. The van der Waals surface area contributed by atoms with Crippen LogP contribution in [0.25, 0.3) is 0 Å². The van der Waals surface area contributed by atoms with E-state index in [1.165, 1.54) is 30.3 Å². The topological polar surface area (TPSA) is 98.5 Å². The highest BCUT2D eigenvalue weighted by Crippen LogP contribution is 2.29. The molecule has 0 bridgehead atoms. The molecule has 2 aromatic carbocycles. The third kappa shape index (κ3) is 5.29. The van der Waals surface area contributed by atoms with E-state index in [1.54, 1.807) is 0 Å². The molecule has 0 radical (unpaired) electrons. The average molecular weight is 396 g/mol. The Morgan fingerprint density at radius 2 is 1.82 bits per heavy atom. The van der Waals surface area contributed by atoms with E-state index in [0.717, 1.165) is 19.2 Å². The van der Waals surface area contributed by atoms with Crippen LogP contribution in [0.5, 0.6) is 0 Å². The number of non-ortho nitro benzene ring substituents is 1. The van der Waals surface area contributed by atoms with Crippen LogP contribution in [0, 0.1) is 10.1 Å². The number of nitrogens with one attached hydrogen (secondary N) is 1. The van der Waals surface area contributed by atoms with E-state index in [1.807, 2.05) is 0 Å². The summed E-state index contributed by atoms with van der Waals surface area (Å²) in [7, 11) is 1.10. The molecule has 0 heterocycles. The maximum atomic E-state index is 12.8. The fourth-order valence-corrected chi connectivity index (χ4v) is 2.40. The number of benzene rings is 2. The monoisotopic (exact) mass is 396 g/mol. The Balaban J connectivity index is 2.19. The summed E-state index contributed by atoms with van der Waals surface area (Å²) in [5, 5.41) is 13.0. The number of methoxy groups -OCH3 is 1. The summed E-state index contributed by atoms with van der Waals surface area (Å²) in [4.78, 5) is 34.4. The molecule has 0 saturated carbocycles. The molecule has 2 rings (SSSR count). The number of esters is 1. The predicted octanol–water partition coefficient (Wildman–Crippen LogP) is 3.13. The van der Waals surface area contributed by atoms with Crippen molar-refractivity contribution in [1.82, 2.24) is 5.32 Å². The van der Waals surface area contributed by atoms with Crippen LogP contribution in [-0.2, 0) is 22.1 Å². The second-order valence-electron chi connectivity index (χ2n) is 5.76. The van der Waals surface area contributed by atoms with Crippen molar-refractivity contribution in [2.45, 2.75) is 18.6 Å². The number of nitrogens with zero attached hydrogens (tertiary/aromatic N) is 1. The smallest absolute Gasteiger partial charge is 0.416 e. The fraction of sp³-hybridized carbons (Fsp3) is 0.222. The normalized spacial score (nSPS) is 12.1. The predicted molar refractivity (Wildman–Crippen MR) is 91.5 cm³/mol. The summed E-state index contributed by atoms with van der Waals surface area (Å²) in [6, 6.07) is 7.87. The summed E-state index contributed by atoms with van der Waals surface area (Å²) < 4.78 is 43.0. The first kappa shape index (κ1) is 20.9. The van der Waals surface area contributed by atoms with Crippen LogP contribution in [-0.4, -0.2) is 30.0 Å². The van der Waals surface area contributed by atoms with Crippen LogP contribution in [0.2, 0.25) is 0 Å². The van der Waals surface area contributed by atoms with Crippen molar-refractivity contribution in [1.29, 1.82) is 0 Å². The van der Waals surface area contributed by atoms with Gasteiger partial charge in [0.1, 0.15) is 6.04 Å². The summed E-state index contributed by atoms with van der Waals surface area (Å²) in [5.41, 5.74) is -0.922. The number of carbonyl (C=O) groups excluding carboxylic acids is 2. The maximum Gasteiger partial charge on any atom is 0.416 e. The van der Waals surface area contributed by atoms with Gasteiger partial charge in [0.25, 0.3) is 11.6 Å². The first-order valence-electron chi connectivity index (χ1n) is 7.91. The summed E-state index contributed by atoms with van der Waals surface area (Å²) in [5.74, 6) is -1.69. The van der Waals surface area contributed by atoms with Gasteiger partial charge in [-0.3, -0.25) is 14.9 Å². The van der Waals surface area contributed by atoms with Crippen molar-refractivity contribution in [2.24, 2.45) is 0 Å². The quantitative estimate of drug-likeness (QED) is 0.460. The van der Waals surface area contributed by atoms with Crippen molar-refractivity contribution in [3.8, 4) is 0 Å². The summed E-state index contributed by atoms with van der Waals surface area (Å²) in [6.07, 6.45) is -4.67. The van der Waals surface area contributed by atoms with Gasteiger partial charge in [-0.05, 0) is 23.8 Å². The van der Waals surface area contributed by atoms with E-state index < -0.39 is 34.6 Å². The van der Waals surface area contributed by atoms with E-state index in [9.17, 15) is 32.9 Å². The number of alkyl halides is 3. The molecular weight excluding hydrogens is 381 g/mol. The van der Waals surface area contributed by atoms with Gasteiger partial charge < -0.3 is 10.1 Å². The number of ether oxygens (including phenoxy) is 1. The Bertz CT molecular complexity index is 882. The van der Waals surface area contributed by atoms with Crippen LogP contribution >= 0.6 is 0 Å². The number of hydrogen-bond acceptors (Lipinski definition) is 5. The van der Waals surface area contributed by atoms with Crippen molar-refractivity contribution in [3.05, 3.63) is 75.3 Å². The third-order valence-corrected chi connectivity index (χ3v) is 3.83. The molecule has 0 spiro atoms. The molecule has 0 aliphatic carbocycles. The average Bonchev–Trinajstić information content (AvgIpc) is 2.66. The van der Waals surface area contributed by atoms with Crippen molar-refractivity contribution >= 4 is 17.6 Å². The molecule has 28 heavy (non-hydrogen) atoms. The van der Waals surface area contributed by atoms with Gasteiger partial charge >= 0.3 is 12.1 Å². The zero-order valence-corrected chi connectivity index (χ0v) is 14.5. The van der Waals surface area contributed by atoms with Gasteiger partial charge in [0, 0.05) is 24.1 Å². The molecule has 0 saturated heterocycles. The van der Waals surface area contributed by atoms with E-state index in [-0.39, 0.29) is 17.7 Å².